The largest absolute Gasteiger partial charge is 0.341 e. The van der Waals surface area contributed by atoms with E-state index >= 15 is 0 Å². The lowest BCUT2D eigenvalue weighted by molar-refractivity contribution is -0.135. The van der Waals surface area contributed by atoms with Gasteiger partial charge in [-0.2, -0.15) is 0 Å². The highest BCUT2D eigenvalue weighted by Crippen LogP contribution is 2.40. The summed E-state index contributed by atoms with van der Waals surface area (Å²) in [5, 5.41) is 2.30. The number of para-hydroxylation sites is 2. The fraction of sp³-hybridized carbons (Fsp3) is 0.318. The van der Waals surface area contributed by atoms with Crippen LogP contribution >= 0.6 is 23.4 Å². The monoisotopic (exact) mass is 443 g/mol. The molecule has 0 aromatic heterocycles. The molecule has 30 heavy (non-hydrogen) atoms. The van der Waals surface area contributed by atoms with E-state index in [4.69, 9.17) is 11.6 Å². The third kappa shape index (κ3) is 4.32. The molecular weight excluding hydrogens is 422 g/mol. The van der Waals surface area contributed by atoms with E-state index in [9.17, 15) is 14.4 Å². The number of piperidine rings is 1. The van der Waals surface area contributed by atoms with Crippen molar-refractivity contribution in [3.63, 3.8) is 0 Å². The number of carbonyl (C=O) groups excluding carboxylic acids is 3. The highest BCUT2D eigenvalue weighted by Gasteiger charge is 2.41. The molecule has 2 heterocycles. The molecule has 8 heteroatoms. The number of likely N-dealkylation sites (tertiary alicyclic amines) is 1. The number of nitrogens with zero attached hydrogens (tertiary/aromatic N) is 2. The van der Waals surface area contributed by atoms with Crippen molar-refractivity contribution >= 4 is 52.5 Å². The van der Waals surface area contributed by atoms with Crippen LogP contribution in [0.25, 0.3) is 0 Å². The zero-order valence-electron chi connectivity index (χ0n) is 16.3. The quantitative estimate of drug-likeness (QED) is 0.730. The molecule has 2 aliphatic heterocycles. The Kier molecular flexibility index (Phi) is 6.29. The maximum Gasteiger partial charge on any atom is 0.250 e. The van der Waals surface area contributed by atoms with E-state index < -0.39 is 5.25 Å². The predicted octanol–water partition coefficient (Wildman–Crippen LogP) is 3.80. The number of halogens is 1. The summed E-state index contributed by atoms with van der Waals surface area (Å²) >= 11 is 7.39. The van der Waals surface area contributed by atoms with Crippen LogP contribution in [0.3, 0.4) is 0 Å². The molecule has 0 bridgehead atoms. The SMILES string of the molecule is O=C(CN1C(=O)C(C(=O)N2CCCCC2)Sc2ccccc21)Nc1ccccc1Cl. The van der Waals surface area contributed by atoms with Gasteiger partial charge in [-0.15, -0.1) is 11.8 Å². The molecule has 2 aromatic carbocycles. The molecule has 6 nitrogen and oxygen atoms in total. The number of hydrogen-bond donors (Lipinski definition) is 1. The summed E-state index contributed by atoms with van der Waals surface area (Å²) in [5.41, 5.74) is 1.13. The van der Waals surface area contributed by atoms with Gasteiger partial charge in [0.2, 0.25) is 11.8 Å². The standard InChI is InChI=1S/C22H22ClN3O3S/c23-15-8-2-3-9-16(15)24-19(27)14-26-17-10-4-5-11-18(17)30-20(22(26)29)21(28)25-12-6-1-7-13-25/h2-5,8-11,20H,1,6-7,12-14H2,(H,24,27). The van der Waals surface area contributed by atoms with Gasteiger partial charge in [-0.05, 0) is 43.5 Å². The van der Waals surface area contributed by atoms with Crippen LogP contribution in [-0.4, -0.2) is 47.5 Å². The number of carbonyl (C=O) groups is 3. The zero-order chi connectivity index (χ0) is 21.1. The van der Waals surface area contributed by atoms with Gasteiger partial charge < -0.3 is 15.1 Å². The van der Waals surface area contributed by atoms with Gasteiger partial charge in [0.1, 0.15) is 6.54 Å². The van der Waals surface area contributed by atoms with Crippen molar-refractivity contribution in [2.24, 2.45) is 0 Å². The molecule has 2 aromatic rings. The summed E-state index contributed by atoms with van der Waals surface area (Å²) in [6.07, 6.45) is 3.02. The van der Waals surface area contributed by atoms with Crippen molar-refractivity contribution in [1.29, 1.82) is 0 Å². The number of hydrogen-bond acceptors (Lipinski definition) is 4. The second-order valence-corrected chi connectivity index (χ2v) is 8.86. The van der Waals surface area contributed by atoms with E-state index in [1.54, 1.807) is 35.2 Å². The van der Waals surface area contributed by atoms with E-state index in [0.717, 1.165) is 24.2 Å². The van der Waals surface area contributed by atoms with Crippen LogP contribution in [0.15, 0.2) is 53.4 Å². The zero-order valence-corrected chi connectivity index (χ0v) is 17.9. The van der Waals surface area contributed by atoms with E-state index in [1.165, 1.54) is 16.7 Å². The molecule has 2 aliphatic rings. The maximum atomic E-state index is 13.3. The lowest BCUT2D eigenvalue weighted by atomic mass is 10.1. The van der Waals surface area contributed by atoms with Gasteiger partial charge in [-0.3, -0.25) is 14.4 Å². The molecule has 0 aliphatic carbocycles. The number of anilines is 2. The fourth-order valence-electron chi connectivity index (χ4n) is 3.71. The Balaban J connectivity index is 1.56. The first-order valence-electron chi connectivity index (χ1n) is 9.95. The number of rotatable bonds is 4. The minimum atomic E-state index is -0.869. The summed E-state index contributed by atoms with van der Waals surface area (Å²) in [4.78, 5) is 43.1. The van der Waals surface area contributed by atoms with Crippen molar-refractivity contribution in [3.05, 3.63) is 53.6 Å². The highest BCUT2D eigenvalue weighted by atomic mass is 35.5. The molecule has 1 fully saturated rings. The van der Waals surface area contributed by atoms with Crippen LogP contribution in [0.4, 0.5) is 11.4 Å². The Morgan fingerprint density at radius 2 is 1.73 bits per heavy atom. The Morgan fingerprint density at radius 3 is 2.50 bits per heavy atom. The van der Waals surface area contributed by atoms with Crippen molar-refractivity contribution in [3.8, 4) is 0 Å². The summed E-state index contributed by atoms with van der Waals surface area (Å²) in [7, 11) is 0. The van der Waals surface area contributed by atoms with Gasteiger partial charge in [-0.25, -0.2) is 0 Å². The van der Waals surface area contributed by atoms with Crippen molar-refractivity contribution in [1.82, 2.24) is 4.90 Å². The lowest BCUT2D eigenvalue weighted by Crippen LogP contribution is -2.52. The summed E-state index contributed by atoms with van der Waals surface area (Å²) in [6, 6.07) is 14.3. The molecule has 0 spiro atoms. The molecule has 3 amide bonds. The van der Waals surface area contributed by atoms with Crippen LogP contribution in [0.2, 0.25) is 5.02 Å². The van der Waals surface area contributed by atoms with E-state index in [-0.39, 0.29) is 24.3 Å². The van der Waals surface area contributed by atoms with Crippen LogP contribution in [0, 0.1) is 0 Å². The molecular formula is C22H22ClN3O3S. The highest BCUT2D eigenvalue weighted by molar-refractivity contribution is 8.01. The normalized spacial score (nSPS) is 18.7. The van der Waals surface area contributed by atoms with Crippen LogP contribution in [0.1, 0.15) is 19.3 Å². The first-order chi connectivity index (χ1) is 14.5. The van der Waals surface area contributed by atoms with Gasteiger partial charge in [-0.1, -0.05) is 35.9 Å². The van der Waals surface area contributed by atoms with E-state index in [0.29, 0.717) is 29.5 Å². The number of thioether (sulfide) groups is 1. The molecule has 0 saturated carbocycles. The van der Waals surface area contributed by atoms with Gasteiger partial charge in [0, 0.05) is 18.0 Å². The average Bonchev–Trinajstić information content (AvgIpc) is 2.77. The second-order valence-electron chi connectivity index (χ2n) is 7.30. The number of nitrogens with one attached hydrogen (secondary N) is 1. The van der Waals surface area contributed by atoms with Crippen LogP contribution in [-0.2, 0) is 14.4 Å². The molecule has 4 rings (SSSR count). The topological polar surface area (TPSA) is 69.7 Å². The Hall–Kier alpha value is -2.51. The Morgan fingerprint density at radius 1 is 1.03 bits per heavy atom. The average molecular weight is 444 g/mol. The Bertz CT molecular complexity index is 978. The molecule has 1 saturated heterocycles. The molecule has 1 atom stereocenters. The van der Waals surface area contributed by atoms with Gasteiger partial charge in [0.15, 0.2) is 5.25 Å². The summed E-state index contributed by atoms with van der Waals surface area (Å²) < 4.78 is 0. The maximum absolute atomic E-state index is 13.3. The number of benzene rings is 2. The van der Waals surface area contributed by atoms with Gasteiger partial charge >= 0.3 is 0 Å². The Labute approximate surface area is 184 Å². The third-order valence-corrected chi connectivity index (χ3v) is 6.80. The minimum Gasteiger partial charge on any atom is -0.341 e. The second kappa shape index (κ2) is 9.10. The van der Waals surface area contributed by atoms with Crippen LogP contribution in [0.5, 0.6) is 0 Å². The molecule has 1 unspecified atom stereocenters. The summed E-state index contributed by atoms with van der Waals surface area (Å²) in [6.45, 7) is 1.17. The van der Waals surface area contributed by atoms with E-state index in [2.05, 4.69) is 5.32 Å². The summed E-state index contributed by atoms with van der Waals surface area (Å²) in [5.74, 6) is -0.901. The fourth-order valence-corrected chi connectivity index (χ4v) is 5.08. The van der Waals surface area contributed by atoms with Crippen molar-refractivity contribution in [2.75, 3.05) is 29.9 Å². The van der Waals surface area contributed by atoms with Crippen LogP contribution < -0.4 is 10.2 Å². The smallest absolute Gasteiger partial charge is 0.250 e. The molecule has 1 N–H and O–H groups in total. The van der Waals surface area contributed by atoms with Crippen molar-refractivity contribution < 1.29 is 14.4 Å². The van der Waals surface area contributed by atoms with Gasteiger partial charge in [0.05, 0.1) is 16.4 Å². The first kappa shape index (κ1) is 20.8. The molecule has 156 valence electrons. The predicted molar refractivity (Wildman–Crippen MR) is 119 cm³/mol. The van der Waals surface area contributed by atoms with E-state index in [1.807, 2.05) is 18.2 Å². The first-order valence-corrected chi connectivity index (χ1v) is 11.2. The number of amides is 3. The molecule has 0 radical (unpaired) electrons. The minimum absolute atomic E-state index is 0.171. The van der Waals surface area contributed by atoms with Crippen molar-refractivity contribution in [2.45, 2.75) is 29.4 Å². The van der Waals surface area contributed by atoms with Gasteiger partial charge in [0.25, 0.3) is 5.91 Å². The number of fused-ring (bicyclic) bond motifs is 1. The lowest BCUT2D eigenvalue weighted by Gasteiger charge is -2.36. The third-order valence-electron chi connectivity index (χ3n) is 5.23.